The molecule has 31 heavy (non-hydrogen) atoms. The highest BCUT2D eigenvalue weighted by molar-refractivity contribution is 7.15. The van der Waals surface area contributed by atoms with E-state index in [-0.39, 0.29) is 33.7 Å². The molecule has 0 unspecified atom stereocenters. The third-order valence-electron chi connectivity index (χ3n) is 4.98. The lowest BCUT2D eigenvalue weighted by Crippen LogP contribution is -2.28. The lowest BCUT2D eigenvalue weighted by atomic mass is 10.0. The van der Waals surface area contributed by atoms with Crippen LogP contribution in [0.5, 0.6) is 5.75 Å². The average molecular weight is 470 g/mol. The molecule has 1 fully saturated rings. The number of pyridine rings is 2. The van der Waals surface area contributed by atoms with Gasteiger partial charge in [-0.15, -0.1) is 10.2 Å². The van der Waals surface area contributed by atoms with Gasteiger partial charge in [-0.25, -0.2) is 4.98 Å². The number of anilines is 1. The van der Waals surface area contributed by atoms with Crippen molar-refractivity contribution in [2.45, 2.75) is 31.4 Å². The number of ether oxygens (including phenoxy) is 1. The van der Waals surface area contributed by atoms with Gasteiger partial charge in [0.15, 0.2) is 0 Å². The van der Waals surface area contributed by atoms with E-state index in [1.54, 1.807) is 19.1 Å². The summed E-state index contributed by atoms with van der Waals surface area (Å²) < 4.78 is 45.3. The number of amides is 1. The summed E-state index contributed by atoms with van der Waals surface area (Å²) in [5, 5.41) is 9.94. The molecular formula is C19H15ClF3N5O2S. The molecule has 3 heterocycles. The van der Waals surface area contributed by atoms with Crippen LogP contribution in [0, 0.1) is 6.92 Å². The molecule has 1 saturated carbocycles. The van der Waals surface area contributed by atoms with Gasteiger partial charge in [0.25, 0.3) is 5.91 Å². The van der Waals surface area contributed by atoms with Crippen LogP contribution in [0.2, 0.25) is 5.15 Å². The van der Waals surface area contributed by atoms with E-state index < -0.39 is 17.5 Å². The minimum absolute atomic E-state index is 0.0261. The first-order valence-electron chi connectivity index (χ1n) is 9.03. The Morgan fingerprint density at radius 1 is 1.19 bits per heavy atom. The van der Waals surface area contributed by atoms with Gasteiger partial charge in [-0.05, 0) is 31.9 Å². The Balaban J connectivity index is 1.66. The monoisotopic (exact) mass is 469 g/mol. The number of methoxy groups -OCH3 is 1. The number of rotatable bonds is 5. The van der Waals surface area contributed by atoms with Crippen molar-refractivity contribution >= 4 is 34.0 Å². The molecule has 0 bridgehead atoms. The van der Waals surface area contributed by atoms with E-state index in [1.165, 1.54) is 19.5 Å². The van der Waals surface area contributed by atoms with Crippen molar-refractivity contribution in [1.29, 1.82) is 0 Å². The molecule has 162 valence electrons. The maximum atomic E-state index is 13.3. The van der Waals surface area contributed by atoms with Crippen molar-refractivity contribution < 1.29 is 22.7 Å². The van der Waals surface area contributed by atoms with E-state index in [9.17, 15) is 18.0 Å². The predicted octanol–water partition coefficient (Wildman–Crippen LogP) is 4.81. The molecule has 0 saturated heterocycles. The fraction of sp³-hybridized carbons (Fsp3) is 0.316. The zero-order chi connectivity index (χ0) is 22.4. The second-order valence-corrected chi connectivity index (χ2v) is 8.39. The smallest absolute Gasteiger partial charge is 0.400 e. The molecule has 3 aromatic heterocycles. The van der Waals surface area contributed by atoms with Crippen molar-refractivity contribution in [2.24, 2.45) is 0 Å². The minimum atomic E-state index is -4.40. The Hall–Kier alpha value is -2.79. The van der Waals surface area contributed by atoms with Crippen LogP contribution in [-0.4, -0.2) is 39.4 Å². The SMILES string of the molecule is COc1cnc(Cl)cc1-c1cc(C)ncc1C(=O)Nc1nnc(C2(C(F)(F)F)CC2)s1. The average Bonchev–Trinajstić information content (AvgIpc) is 3.42. The molecule has 1 N–H and O–H groups in total. The predicted molar refractivity (Wildman–Crippen MR) is 109 cm³/mol. The van der Waals surface area contributed by atoms with Crippen LogP contribution in [0.4, 0.5) is 18.3 Å². The first kappa shape index (κ1) is 21.4. The summed E-state index contributed by atoms with van der Waals surface area (Å²) in [7, 11) is 1.46. The number of halogens is 4. The summed E-state index contributed by atoms with van der Waals surface area (Å²) in [5.41, 5.74) is -0.152. The number of aromatic nitrogens is 4. The van der Waals surface area contributed by atoms with Crippen LogP contribution in [0.15, 0.2) is 24.5 Å². The Bertz CT molecular complexity index is 1160. The van der Waals surface area contributed by atoms with Gasteiger partial charge in [0.05, 0.1) is 18.9 Å². The molecule has 7 nitrogen and oxygen atoms in total. The summed E-state index contributed by atoms with van der Waals surface area (Å²) in [6.07, 6.45) is -1.67. The quantitative estimate of drug-likeness (QED) is 0.539. The van der Waals surface area contributed by atoms with Gasteiger partial charge in [0.2, 0.25) is 5.13 Å². The lowest BCUT2D eigenvalue weighted by Gasteiger charge is -2.15. The normalized spacial score (nSPS) is 14.9. The van der Waals surface area contributed by atoms with Gasteiger partial charge in [0.1, 0.15) is 21.3 Å². The third-order valence-corrected chi connectivity index (χ3v) is 6.23. The number of carbonyl (C=O) groups is 1. The maximum absolute atomic E-state index is 13.3. The maximum Gasteiger partial charge on any atom is 0.400 e. The summed E-state index contributed by atoms with van der Waals surface area (Å²) in [5.74, 6) is -0.208. The molecule has 0 atom stereocenters. The molecule has 1 aliphatic rings. The highest BCUT2D eigenvalue weighted by Gasteiger charge is 2.66. The first-order valence-corrected chi connectivity index (χ1v) is 10.2. The van der Waals surface area contributed by atoms with Crippen molar-refractivity contribution in [1.82, 2.24) is 20.2 Å². The standard InChI is InChI=1S/C19H15ClF3N5O2S/c1-9-5-10(11-6-14(20)25-8-13(11)30-2)12(7-24-9)15(29)26-17-28-27-16(31-17)18(3-4-18)19(21,22)23/h5-8H,3-4H2,1-2H3,(H,26,28,29). The molecule has 12 heteroatoms. The fourth-order valence-corrected chi connectivity index (χ4v) is 4.29. The Labute approximate surface area is 183 Å². The molecule has 1 amide bonds. The van der Waals surface area contributed by atoms with E-state index in [4.69, 9.17) is 16.3 Å². The summed E-state index contributed by atoms with van der Waals surface area (Å²) in [6, 6.07) is 3.23. The van der Waals surface area contributed by atoms with E-state index in [2.05, 4.69) is 25.5 Å². The molecule has 0 aromatic carbocycles. The number of alkyl halides is 3. The molecule has 0 aliphatic heterocycles. The molecule has 3 aromatic rings. The van der Waals surface area contributed by atoms with Gasteiger partial charge < -0.3 is 4.74 Å². The van der Waals surface area contributed by atoms with Crippen LogP contribution in [0.3, 0.4) is 0 Å². The molecule has 1 aliphatic carbocycles. The van der Waals surface area contributed by atoms with Crippen molar-refractivity contribution in [3.05, 3.63) is 45.9 Å². The summed E-state index contributed by atoms with van der Waals surface area (Å²) in [6.45, 7) is 1.75. The number of aryl methyl sites for hydroxylation is 1. The summed E-state index contributed by atoms with van der Waals surface area (Å²) >= 11 is 6.74. The lowest BCUT2D eigenvalue weighted by molar-refractivity contribution is -0.160. The van der Waals surface area contributed by atoms with Gasteiger partial charge in [-0.2, -0.15) is 13.2 Å². The van der Waals surface area contributed by atoms with Gasteiger partial charge in [0, 0.05) is 23.0 Å². The van der Waals surface area contributed by atoms with Crippen LogP contribution < -0.4 is 10.1 Å². The highest BCUT2D eigenvalue weighted by atomic mass is 35.5. The number of nitrogens with one attached hydrogen (secondary N) is 1. The van der Waals surface area contributed by atoms with Crippen molar-refractivity contribution in [2.75, 3.05) is 12.4 Å². The van der Waals surface area contributed by atoms with Gasteiger partial charge in [-0.1, -0.05) is 22.9 Å². The van der Waals surface area contributed by atoms with Crippen molar-refractivity contribution in [3.8, 4) is 16.9 Å². The first-order chi connectivity index (χ1) is 14.6. The number of hydrogen-bond acceptors (Lipinski definition) is 7. The number of hydrogen-bond donors (Lipinski definition) is 1. The molecular weight excluding hydrogens is 455 g/mol. The molecule has 4 rings (SSSR count). The molecule has 0 spiro atoms. The Morgan fingerprint density at radius 3 is 2.58 bits per heavy atom. The minimum Gasteiger partial charge on any atom is -0.494 e. The van der Waals surface area contributed by atoms with Crippen LogP contribution >= 0.6 is 22.9 Å². The number of carbonyl (C=O) groups excluding carboxylic acids is 1. The van der Waals surface area contributed by atoms with Gasteiger partial charge in [-0.3, -0.25) is 15.1 Å². The van der Waals surface area contributed by atoms with Crippen LogP contribution in [0.25, 0.3) is 11.1 Å². The Morgan fingerprint density at radius 2 is 1.94 bits per heavy atom. The van der Waals surface area contributed by atoms with Crippen LogP contribution in [0.1, 0.15) is 33.9 Å². The fourth-order valence-electron chi connectivity index (χ4n) is 3.13. The summed E-state index contributed by atoms with van der Waals surface area (Å²) in [4.78, 5) is 21.1. The zero-order valence-corrected chi connectivity index (χ0v) is 17.8. The van der Waals surface area contributed by atoms with Crippen molar-refractivity contribution in [3.63, 3.8) is 0 Å². The highest BCUT2D eigenvalue weighted by Crippen LogP contribution is 2.59. The Kier molecular flexibility index (Phi) is 5.34. The number of nitrogens with zero attached hydrogens (tertiary/aromatic N) is 4. The van der Waals surface area contributed by atoms with Crippen LogP contribution in [-0.2, 0) is 5.41 Å². The van der Waals surface area contributed by atoms with E-state index in [0.717, 1.165) is 0 Å². The topological polar surface area (TPSA) is 89.9 Å². The van der Waals surface area contributed by atoms with E-state index >= 15 is 0 Å². The molecule has 0 radical (unpaired) electrons. The second kappa shape index (κ2) is 7.72. The van der Waals surface area contributed by atoms with Gasteiger partial charge >= 0.3 is 6.18 Å². The third kappa shape index (κ3) is 3.94. The largest absolute Gasteiger partial charge is 0.494 e. The van der Waals surface area contributed by atoms with E-state index in [0.29, 0.717) is 33.9 Å². The second-order valence-electron chi connectivity index (χ2n) is 7.02. The zero-order valence-electron chi connectivity index (χ0n) is 16.2. The van der Waals surface area contributed by atoms with E-state index in [1.807, 2.05) is 0 Å².